The van der Waals surface area contributed by atoms with Gasteiger partial charge in [0.2, 0.25) is 5.91 Å². The Morgan fingerprint density at radius 1 is 1.24 bits per heavy atom. The van der Waals surface area contributed by atoms with Crippen molar-refractivity contribution in [3.05, 3.63) is 58.2 Å². The summed E-state index contributed by atoms with van der Waals surface area (Å²) in [6, 6.07) is 10.2. The molecule has 1 aromatic carbocycles. The lowest BCUT2D eigenvalue weighted by molar-refractivity contribution is -0.127. The maximum atomic E-state index is 12.4. The molecule has 25 heavy (non-hydrogen) atoms. The van der Waals surface area contributed by atoms with Gasteiger partial charge in [-0.1, -0.05) is 11.6 Å². The third-order valence-electron chi connectivity index (χ3n) is 3.57. The molecule has 0 spiro atoms. The van der Waals surface area contributed by atoms with Gasteiger partial charge in [-0.25, -0.2) is 0 Å². The van der Waals surface area contributed by atoms with Crippen LogP contribution in [0, 0.1) is 0 Å². The van der Waals surface area contributed by atoms with Gasteiger partial charge in [-0.05, 0) is 54.2 Å². The lowest BCUT2D eigenvalue weighted by Crippen LogP contribution is -2.36. The number of hydrogen-bond donors (Lipinski definition) is 1. The summed E-state index contributed by atoms with van der Waals surface area (Å²) in [4.78, 5) is 37.8. The average molecular weight is 376 g/mol. The molecule has 8 heteroatoms. The molecule has 2 aromatic rings. The topological polar surface area (TPSA) is 71.4 Å². The van der Waals surface area contributed by atoms with Crippen LogP contribution in [-0.2, 0) is 16.6 Å². The molecule has 1 fully saturated rings. The van der Waals surface area contributed by atoms with Crippen LogP contribution < -0.4 is 5.32 Å². The van der Waals surface area contributed by atoms with Crippen LogP contribution in [0.15, 0.2) is 47.5 Å². The first-order valence-electron chi connectivity index (χ1n) is 7.36. The van der Waals surface area contributed by atoms with Crippen LogP contribution in [0.3, 0.4) is 0 Å². The van der Waals surface area contributed by atoms with Crippen molar-refractivity contribution in [1.82, 2.24) is 9.47 Å². The Labute approximate surface area is 153 Å². The first kappa shape index (κ1) is 17.3. The summed E-state index contributed by atoms with van der Waals surface area (Å²) in [7, 11) is 1.84. The van der Waals surface area contributed by atoms with Crippen LogP contribution in [0.2, 0.25) is 5.02 Å². The van der Waals surface area contributed by atoms with Gasteiger partial charge in [-0.15, -0.1) is 0 Å². The standard InChI is InChI=1S/C17H14ClN3O3S/c1-20-8-2-3-13(20)9-14-16(23)21(17(24)25-14)10-15(22)19-12-6-4-11(18)5-7-12/h2-9H,10H2,1H3,(H,19,22)/b14-9-. The number of aryl methyl sites for hydroxylation is 1. The molecule has 0 atom stereocenters. The van der Waals surface area contributed by atoms with E-state index in [0.29, 0.717) is 15.6 Å². The fraction of sp³-hybridized carbons (Fsp3) is 0.118. The Kier molecular flexibility index (Phi) is 4.96. The summed E-state index contributed by atoms with van der Waals surface area (Å²) < 4.78 is 1.83. The van der Waals surface area contributed by atoms with E-state index in [2.05, 4.69) is 5.32 Å². The molecule has 3 rings (SSSR count). The van der Waals surface area contributed by atoms with Crippen molar-refractivity contribution in [1.29, 1.82) is 0 Å². The minimum Gasteiger partial charge on any atom is -0.351 e. The number of rotatable bonds is 4. The average Bonchev–Trinajstić information content (AvgIpc) is 3.08. The van der Waals surface area contributed by atoms with Crippen molar-refractivity contribution in [2.45, 2.75) is 0 Å². The fourth-order valence-corrected chi connectivity index (χ4v) is 3.22. The Balaban J connectivity index is 1.68. The van der Waals surface area contributed by atoms with E-state index < -0.39 is 17.1 Å². The van der Waals surface area contributed by atoms with Crippen LogP contribution in [-0.4, -0.2) is 33.1 Å². The maximum absolute atomic E-state index is 12.4. The normalized spacial score (nSPS) is 15.9. The van der Waals surface area contributed by atoms with Gasteiger partial charge in [0.15, 0.2) is 0 Å². The van der Waals surface area contributed by atoms with Gasteiger partial charge >= 0.3 is 0 Å². The fourth-order valence-electron chi connectivity index (χ4n) is 2.27. The second-order valence-corrected chi connectivity index (χ2v) is 6.80. The van der Waals surface area contributed by atoms with E-state index in [4.69, 9.17) is 11.6 Å². The number of benzene rings is 1. The molecule has 1 N–H and O–H groups in total. The third-order valence-corrected chi connectivity index (χ3v) is 4.73. The van der Waals surface area contributed by atoms with Crippen LogP contribution in [0.5, 0.6) is 0 Å². The highest BCUT2D eigenvalue weighted by atomic mass is 35.5. The lowest BCUT2D eigenvalue weighted by atomic mass is 10.3. The van der Waals surface area contributed by atoms with Gasteiger partial charge in [-0.3, -0.25) is 19.3 Å². The SMILES string of the molecule is Cn1cccc1/C=C1\SC(=O)N(CC(=O)Nc2ccc(Cl)cc2)C1=O. The van der Waals surface area contributed by atoms with Gasteiger partial charge in [0.1, 0.15) is 6.54 Å². The summed E-state index contributed by atoms with van der Waals surface area (Å²) in [6.45, 7) is -0.336. The van der Waals surface area contributed by atoms with E-state index in [1.165, 1.54) is 0 Å². The quantitative estimate of drug-likeness (QED) is 0.832. The highest BCUT2D eigenvalue weighted by Crippen LogP contribution is 2.32. The highest BCUT2D eigenvalue weighted by Gasteiger charge is 2.36. The number of carbonyl (C=O) groups is 3. The first-order valence-corrected chi connectivity index (χ1v) is 8.55. The molecular weight excluding hydrogens is 362 g/mol. The van der Waals surface area contributed by atoms with Crippen LogP contribution in [0.1, 0.15) is 5.69 Å². The van der Waals surface area contributed by atoms with Gasteiger partial charge in [0.25, 0.3) is 11.1 Å². The van der Waals surface area contributed by atoms with E-state index in [0.717, 1.165) is 22.4 Å². The van der Waals surface area contributed by atoms with Crippen molar-refractivity contribution in [2.24, 2.45) is 7.05 Å². The number of halogens is 1. The second-order valence-electron chi connectivity index (χ2n) is 5.37. The molecule has 1 saturated heterocycles. The molecule has 0 bridgehead atoms. The van der Waals surface area contributed by atoms with E-state index in [1.807, 2.05) is 29.9 Å². The van der Waals surface area contributed by atoms with Gasteiger partial charge in [0.05, 0.1) is 4.91 Å². The van der Waals surface area contributed by atoms with Crippen LogP contribution in [0.25, 0.3) is 6.08 Å². The predicted octanol–water partition coefficient (Wildman–Crippen LogP) is 3.35. The molecule has 1 aliphatic rings. The third kappa shape index (κ3) is 3.94. The number of carbonyl (C=O) groups excluding carboxylic acids is 3. The molecule has 128 valence electrons. The lowest BCUT2D eigenvalue weighted by Gasteiger charge is -2.12. The Morgan fingerprint density at radius 3 is 2.60 bits per heavy atom. The zero-order valence-electron chi connectivity index (χ0n) is 13.2. The van der Waals surface area contributed by atoms with Crippen molar-refractivity contribution < 1.29 is 14.4 Å². The molecule has 3 amide bonds. The smallest absolute Gasteiger partial charge is 0.294 e. The number of imide groups is 1. The molecule has 2 heterocycles. The van der Waals surface area contributed by atoms with Crippen LogP contribution in [0.4, 0.5) is 10.5 Å². The number of hydrogen-bond acceptors (Lipinski definition) is 4. The largest absolute Gasteiger partial charge is 0.351 e. The van der Waals surface area contributed by atoms with E-state index in [-0.39, 0.29) is 6.54 Å². The maximum Gasteiger partial charge on any atom is 0.294 e. The zero-order valence-corrected chi connectivity index (χ0v) is 14.8. The predicted molar refractivity (Wildman–Crippen MR) is 98.2 cm³/mol. The van der Waals surface area contributed by atoms with E-state index >= 15 is 0 Å². The van der Waals surface area contributed by atoms with E-state index in [1.54, 1.807) is 30.3 Å². The minimum absolute atomic E-state index is 0.297. The Hall–Kier alpha value is -2.51. The van der Waals surface area contributed by atoms with E-state index in [9.17, 15) is 14.4 Å². The number of anilines is 1. The molecule has 0 unspecified atom stereocenters. The Bertz CT molecular complexity index is 874. The number of amides is 3. The van der Waals surface area contributed by atoms with Gasteiger partial charge in [-0.2, -0.15) is 0 Å². The summed E-state index contributed by atoms with van der Waals surface area (Å²) in [5.41, 5.74) is 1.34. The molecule has 0 radical (unpaired) electrons. The first-order chi connectivity index (χ1) is 11.9. The number of thioether (sulfide) groups is 1. The van der Waals surface area contributed by atoms with Gasteiger partial charge < -0.3 is 9.88 Å². The molecular formula is C17H14ClN3O3S. The van der Waals surface area contributed by atoms with Crippen molar-refractivity contribution >= 4 is 52.2 Å². The Morgan fingerprint density at radius 2 is 1.96 bits per heavy atom. The second kappa shape index (κ2) is 7.16. The molecule has 0 aliphatic carbocycles. The summed E-state index contributed by atoms with van der Waals surface area (Å²) >= 11 is 6.62. The minimum atomic E-state index is -0.470. The monoisotopic (exact) mass is 375 g/mol. The zero-order chi connectivity index (χ0) is 18.0. The summed E-state index contributed by atoms with van der Waals surface area (Å²) in [5, 5.41) is 2.72. The van der Waals surface area contributed by atoms with Gasteiger partial charge in [0, 0.05) is 29.6 Å². The number of nitrogens with one attached hydrogen (secondary N) is 1. The molecule has 0 saturated carbocycles. The highest BCUT2D eigenvalue weighted by molar-refractivity contribution is 8.18. The van der Waals surface area contributed by atoms with Crippen LogP contribution >= 0.6 is 23.4 Å². The molecule has 1 aliphatic heterocycles. The number of aromatic nitrogens is 1. The summed E-state index contributed by atoms with van der Waals surface area (Å²) in [5.74, 6) is -0.924. The number of nitrogens with zero attached hydrogens (tertiary/aromatic N) is 2. The van der Waals surface area contributed by atoms with Crippen molar-refractivity contribution in [2.75, 3.05) is 11.9 Å². The van der Waals surface area contributed by atoms with Crippen molar-refractivity contribution in [3.8, 4) is 0 Å². The van der Waals surface area contributed by atoms with Crippen molar-refractivity contribution in [3.63, 3.8) is 0 Å². The summed E-state index contributed by atoms with van der Waals surface area (Å²) in [6.07, 6.45) is 3.48. The molecule has 6 nitrogen and oxygen atoms in total. The molecule has 1 aromatic heterocycles.